The largest absolute Gasteiger partial charge is 0.491 e. The highest BCUT2D eigenvalue weighted by molar-refractivity contribution is 6.53. The van der Waals surface area contributed by atoms with Gasteiger partial charge in [0, 0.05) is 5.70 Å². The molecule has 94 valence electrons. The summed E-state index contributed by atoms with van der Waals surface area (Å²) >= 11 is 0. The average molecular weight is 245 g/mol. The van der Waals surface area contributed by atoms with Gasteiger partial charge in [-0.05, 0) is 19.9 Å². The fourth-order valence-electron chi connectivity index (χ4n) is 1.13. The van der Waals surface area contributed by atoms with E-state index in [9.17, 15) is 5.11 Å². The van der Waals surface area contributed by atoms with E-state index in [-0.39, 0.29) is 17.5 Å². The summed E-state index contributed by atoms with van der Waals surface area (Å²) < 4.78 is 0. The molecule has 0 fully saturated rings. The van der Waals surface area contributed by atoms with E-state index in [0.29, 0.717) is 5.70 Å². The lowest BCUT2D eigenvalue weighted by molar-refractivity contribution is 0.562. The van der Waals surface area contributed by atoms with Gasteiger partial charge in [0.1, 0.15) is 0 Å². The lowest BCUT2D eigenvalue weighted by Crippen LogP contribution is -2.35. The summed E-state index contributed by atoms with van der Waals surface area (Å²) in [7, 11) is 0. The highest BCUT2D eigenvalue weighted by atomic mass is 16.3. The van der Waals surface area contributed by atoms with Crippen LogP contribution < -0.4 is 5.32 Å². The Balaban J connectivity index is 2.84. The van der Waals surface area contributed by atoms with Crippen LogP contribution in [0, 0.1) is 10.8 Å². The summed E-state index contributed by atoms with van der Waals surface area (Å²) in [6, 6.07) is 0. The van der Waals surface area contributed by atoms with Crippen molar-refractivity contribution in [2.45, 2.75) is 13.8 Å². The van der Waals surface area contributed by atoms with Crippen LogP contribution in [0.3, 0.4) is 0 Å². The van der Waals surface area contributed by atoms with E-state index in [1.165, 1.54) is 0 Å². The molecule has 1 rings (SSSR count). The number of aliphatic hydroxyl groups is 1. The van der Waals surface area contributed by atoms with E-state index in [4.69, 9.17) is 10.8 Å². The maximum atomic E-state index is 9.53. The van der Waals surface area contributed by atoms with Crippen molar-refractivity contribution >= 4 is 23.4 Å². The second-order valence-electron chi connectivity index (χ2n) is 3.35. The number of amidine groups is 3. The first-order chi connectivity index (χ1) is 8.58. The predicted molar refractivity (Wildman–Crippen MR) is 73.8 cm³/mol. The Hall–Kier alpha value is -2.50. The van der Waals surface area contributed by atoms with Gasteiger partial charge in [-0.2, -0.15) is 4.99 Å². The Labute approximate surface area is 105 Å². The quantitative estimate of drug-likeness (QED) is 0.570. The molecule has 6 nitrogen and oxygen atoms in total. The molecule has 0 amide bonds. The van der Waals surface area contributed by atoms with Crippen LogP contribution in [-0.4, -0.2) is 28.5 Å². The van der Waals surface area contributed by atoms with Gasteiger partial charge in [-0.15, -0.1) is 0 Å². The normalized spacial score (nSPS) is 17.3. The Bertz CT molecular complexity index is 509. The fraction of sp³-hybridized carbons (Fsp3) is 0.167. The van der Waals surface area contributed by atoms with Gasteiger partial charge < -0.3 is 10.4 Å². The molecule has 0 aromatic carbocycles. The van der Waals surface area contributed by atoms with Gasteiger partial charge in [-0.3, -0.25) is 10.8 Å². The van der Waals surface area contributed by atoms with Crippen molar-refractivity contribution in [3.63, 3.8) is 0 Å². The smallest absolute Gasteiger partial charge is 0.257 e. The monoisotopic (exact) mass is 245 g/mol. The first-order valence-corrected chi connectivity index (χ1v) is 5.35. The molecule has 0 saturated carbocycles. The van der Waals surface area contributed by atoms with E-state index >= 15 is 0 Å². The molecular weight excluding hydrogens is 230 g/mol. The maximum absolute atomic E-state index is 9.53. The number of nitrogens with one attached hydrogen (secondary N) is 3. The first-order valence-electron chi connectivity index (χ1n) is 5.35. The van der Waals surface area contributed by atoms with Gasteiger partial charge in [0.25, 0.3) is 5.90 Å². The molecule has 0 saturated heterocycles. The molecule has 6 heteroatoms. The number of rotatable bonds is 3. The zero-order valence-electron chi connectivity index (χ0n) is 10.2. The number of hydrogen-bond donors (Lipinski definition) is 4. The van der Waals surface area contributed by atoms with Crippen LogP contribution in [0.25, 0.3) is 0 Å². The third-order valence-corrected chi connectivity index (χ3v) is 2.03. The lowest BCUT2D eigenvalue weighted by Gasteiger charge is -2.12. The molecule has 4 N–H and O–H groups in total. The standard InChI is InChI=1S/C12H15N5O/c1-3-5-6-7-8(4-2)15-11-12(18)17-10(14)9(13)16-11/h3-7H,1-2H3,(H2,13,15,16)(H2,14,17,18)/b5-3-,7-6-,8-4+. The predicted octanol–water partition coefficient (Wildman–Crippen LogP) is 1.94. The van der Waals surface area contributed by atoms with Crippen molar-refractivity contribution in [2.24, 2.45) is 9.98 Å². The number of allylic oxidation sites excluding steroid dienone is 5. The molecule has 0 aliphatic carbocycles. The van der Waals surface area contributed by atoms with Crippen LogP contribution in [0.5, 0.6) is 0 Å². The second kappa shape index (κ2) is 6.29. The van der Waals surface area contributed by atoms with Crippen molar-refractivity contribution in [3.8, 4) is 0 Å². The van der Waals surface area contributed by atoms with Crippen LogP contribution in [0.15, 0.2) is 46.1 Å². The summed E-state index contributed by atoms with van der Waals surface area (Å²) in [5, 5.41) is 27.0. The van der Waals surface area contributed by atoms with Crippen molar-refractivity contribution < 1.29 is 5.11 Å². The summed E-state index contributed by atoms with van der Waals surface area (Å²) in [4.78, 5) is 7.25. The highest BCUT2D eigenvalue weighted by Gasteiger charge is 2.18. The molecule has 0 aromatic heterocycles. The molecule has 1 heterocycles. The minimum absolute atomic E-state index is 0.0641. The highest BCUT2D eigenvalue weighted by Crippen LogP contribution is 1.99. The van der Waals surface area contributed by atoms with Crippen LogP contribution >= 0.6 is 0 Å². The summed E-state index contributed by atoms with van der Waals surface area (Å²) in [6.07, 6.45) is 9.16. The molecule has 1 aliphatic rings. The summed E-state index contributed by atoms with van der Waals surface area (Å²) in [6.45, 7) is 3.73. The third kappa shape index (κ3) is 3.51. The fourth-order valence-corrected chi connectivity index (χ4v) is 1.13. The van der Waals surface area contributed by atoms with Crippen LogP contribution in [0.2, 0.25) is 0 Å². The lowest BCUT2D eigenvalue weighted by atomic mass is 10.3. The van der Waals surface area contributed by atoms with Crippen molar-refractivity contribution in [2.75, 3.05) is 0 Å². The summed E-state index contributed by atoms with van der Waals surface area (Å²) in [5.41, 5.74) is 0.704. The zero-order chi connectivity index (χ0) is 13.5. The Morgan fingerprint density at radius 2 is 1.83 bits per heavy atom. The maximum Gasteiger partial charge on any atom is 0.257 e. The Kier molecular flexibility index (Phi) is 4.74. The van der Waals surface area contributed by atoms with Crippen molar-refractivity contribution in [1.29, 1.82) is 10.8 Å². The van der Waals surface area contributed by atoms with Crippen molar-refractivity contribution in [1.82, 2.24) is 5.32 Å². The molecular formula is C12H15N5O. The van der Waals surface area contributed by atoms with Gasteiger partial charge in [0.2, 0.25) is 0 Å². The van der Waals surface area contributed by atoms with Gasteiger partial charge in [0.05, 0.1) is 0 Å². The number of aliphatic imine (C=N–C) groups is 2. The molecule has 0 unspecified atom stereocenters. The SMILES string of the molecule is C\C=C/C=C\C(=C/C)NC1=NC(=N)C(=N)N=C1O. The minimum atomic E-state index is -0.394. The molecule has 0 spiro atoms. The molecule has 1 aliphatic heterocycles. The zero-order valence-corrected chi connectivity index (χ0v) is 10.2. The third-order valence-electron chi connectivity index (χ3n) is 2.03. The second-order valence-corrected chi connectivity index (χ2v) is 3.35. The topological polar surface area (TPSA) is 105 Å². The minimum Gasteiger partial charge on any atom is -0.491 e. The number of nitrogens with zero attached hydrogens (tertiary/aromatic N) is 2. The van der Waals surface area contributed by atoms with Gasteiger partial charge in [0.15, 0.2) is 17.5 Å². The summed E-state index contributed by atoms with van der Waals surface area (Å²) in [5.74, 6) is -0.975. The van der Waals surface area contributed by atoms with Gasteiger partial charge in [-0.25, -0.2) is 4.99 Å². The van der Waals surface area contributed by atoms with E-state index in [1.54, 1.807) is 12.2 Å². The van der Waals surface area contributed by atoms with Crippen LogP contribution in [0.4, 0.5) is 0 Å². The van der Waals surface area contributed by atoms with Gasteiger partial charge in [-0.1, -0.05) is 24.3 Å². The Morgan fingerprint density at radius 3 is 2.44 bits per heavy atom. The molecule has 18 heavy (non-hydrogen) atoms. The molecule has 0 atom stereocenters. The van der Waals surface area contributed by atoms with Crippen LogP contribution in [-0.2, 0) is 0 Å². The average Bonchev–Trinajstić information content (AvgIpc) is 2.34. The number of aliphatic hydroxyl groups excluding tert-OH is 1. The van der Waals surface area contributed by atoms with E-state index in [0.717, 1.165) is 0 Å². The molecule has 0 aromatic rings. The van der Waals surface area contributed by atoms with Crippen LogP contribution in [0.1, 0.15) is 13.8 Å². The van der Waals surface area contributed by atoms with Gasteiger partial charge >= 0.3 is 0 Å². The van der Waals surface area contributed by atoms with E-state index in [1.807, 2.05) is 32.1 Å². The molecule has 0 radical (unpaired) electrons. The van der Waals surface area contributed by atoms with E-state index < -0.39 is 5.90 Å². The number of hydrogen-bond acceptors (Lipinski definition) is 3. The molecule has 0 bridgehead atoms. The van der Waals surface area contributed by atoms with Crippen molar-refractivity contribution in [3.05, 3.63) is 36.1 Å². The van der Waals surface area contributed by atoms with E-state index in [2.05, 4.69) is 15.3 Å². The Morgan fingerprint density at radius 1 is 1.17 bits per heavy atom. The first kappa shape index (κ1) is 13.6.